The van der Waals surface area contributed by atoms with E-state index in [-0.39, 0.29) is 5.41 Å². The van der Waals surface area contributed by atoms with Crippen LogP contribution in [0.1, 0.15) is 39.5 Å². The van der Waals surface area contributed by atoms with Crippen molar-refractivity contribution in [1.82, 2.24) is 0 Å². The molecule has 1 aliphatic rings. The Balaban J connectivity index is 2.51. The van der Waals surface area contributed by atoms with Gasteiger partial charge in [-0.3, -0.25) is 0 Å². The van der Waals surface area contributed by atoms with E-state index < -0.39 is 5.67 Å². The zero-order chi connectivity index (χ0) is 8.54. The summed E-state index contributed by atoms with van der Waals surface area (Å²) in [6.45, 7) is 3.08. The van der Waals surface area contributed by atoms with Gasteiger partial charge in [0.15, 0.2) is 0 Å². The SMILES string of the molecule is CC(C)(F)CC1(C=O)CCC1. The lowest BCUT2D eigenvalue weighted by molar-refractivity contribution is -0.123. The lowest BCUT2D eigenvalue weighted by atomic mass is 9.65. The van der Waals surface area contributed by atoms with Crippen LogP contribution in [0.25, 0.3) is 0 Å². The van der Waals surface area contributed by atoms with E-state index in [1.165, 1.54) is 13.8 Å². The Morgan fingerprint density at radius 2 is 2.09 bits per heavy atom. The van der Waals surface area contributed by atoms with Gasteiger partial charge in [0.05, 0.1) is 0 Å². The Bertz CT molecular complexity index is 153. The third-order valence-corrected chi connectivity index (χ3v) is 2.37. The first-order valence-electron chi connectivity index (χ1n) is 4.13. The van der Waals surface area contributed by atoms with Gasteiger partial charge in [-0.1, -0.05) is 6.42 Å². The Labute approximate surface area is 67.0 Å². The average molecular weight is 158 g/mol. The predicted octanol–water partition coefficient (Wildman–Crippen LogP) is 2.49. The summed E-state index contributed by atoms with van der Waals surface area (Å²) in [4.78, 5) is 10.6. The van der Waals surface area contributed by atoms with E-state index in [0.717, 1.165) is 25.5 Å². The molecule has 0 bridgehead atoms. The fourth-order valence-electron chi connectivity index (χ4n) is 1.80. The zero-order valence-electron chi connectivity index (χ0n) is 7.19. The lowest BCUT2D eigenvalue weighted by Crippen LogP contribution is -2.36. The Morgan fingerprint density at radius 1 is 1.55 bits per heavy atom. The van der Waals surface area contributed by atoms with Gasteiger partial charge in [0.25, 0.3) is 0 Å². The molecule has 0 unspecified atom stereocenters. The van der Waals surface area contributed by atoms with Crippen LogP contribution in [0, 0.1) is 5.41 Å². The monoisotopic (exact) mass is 158 g/mol. The highest BCUT2D eigenvalue weighted by atomic mass is 19.1. The van der Waals surface area contributed by atoms with Gasteiger partial charge in [-0.2, -0.15) is 0 Å². The van der Waals surface area contributed by atoms with Crippen LogP contribution in [0.3, 0.4) is 0 Å². The van der Waals surface area contributed by atoms with Crippen molar-refractivity contribution in [2.45, 2.75) is 45.2 Å². The second-order valence-corrected chi connectivity index (χ2v) is 4.23. The largest absolute Gasteiger partial charge is 0.303 e. The summed E-state index contributed by atoms with van der Waals surface area (Å²) in [6, 6.07) is 0. The number of rotatable bonds is 3. The van der Waals surface area contributed by atoms with E-state index >= 15 is 0 Å². The van der Waals surface area contributed by atoms with E-state index in [4.69, 9.17) is 0 Å². The maximum absolute atomic E-state index is 13.1. The topological polar surface area (TPSA) is 17.1 Å². The van der Waals surface area contributed by atoms with Gasteiger partial charge >= 0.3 is 0 Å². The number of aldehydes is 1. The predicted molar refractivity (Wildman–Crippen MR) is 42.2 cm³/mol. The minimum absolute atomic E-state index is 0.307. The van der Waals surface area contributed by atoms with Crippen molar-refractivity contribution >= 4 is 6.29 Å². The second-order valence-electron chi connectivity index (χ2n) is 4.23. The van der Waals surface area contributed by atoms with Crippen LogP contribution in [0.2, 0.25) is 0 Å². The molecule has 0 saturated heterocycles. The third-order valence-electron chi connectivity index (χ3n) is 2.37. The number of hydrogen-bond acceptors (Lipinski definition) is 1. The number of carbonyl (C=O) groups excluding carboxylic acids is 1. The van der Waals surface area contributed by atoms with Gasteiger partial charge in [0.2, 0.25) is 0 Å². The van der Waals surface area contributed by atoms with Gasteiger partial charge in [-0.25, -0.2) is 4.39 Å². The van der Waals surface area contributed by atoms with Crippen LogP contribution in [-0.2, 0) is 4.79 Å². The lowest BCUT2D eigenvalue weighted by Gasteiger charge is -2.39. The normalized spacial score (nSPS) is 22.5. The van der Waals surface area contributed by atoms with Gasteiger partial charge < -0.3 is 4.79 Å². The molecular formula is C9H15FO. The molecule has 1 saturated carbocycles. The molecule has 1 fully saturated rings. The van der Waals surface area contributed by atoms with Crippen molar-refractivity contribution in [3.63, 3.8) is 0 Å². The smallest absolute Gasteiger partial charge is 0.126 e. The summed E-state index contributed by atoms with van der Waals surface area (Å²) in [7, 11) is 0. The molecule has 0 atom stereocenters. The maximum atomic E-state index is 13.1. The minimum atomic E-state index is -1.19. The van der Waals surface area contributed by atoms with E-state index in [1.54, 1.807) is 0 Å². The molecule has 0 aromatic heterocycles. The van der Waals surface area contributed by atoms with Crippen LogP contribution in [-0.4, -0.2) is 12.0 Å². The molecule has 1 nitrogen and oxygen atoms in total. The first-order valence-corrected chi connectivity index (χ1v) is 4.13. The number of hydrogen-bond donors (Lipinski definition) is 0. The van der Waals surface area contributed by atoms with Gasteiger partial charge in [-0.15, -0.1) is 0 Å². The third kappa shape index (κ3) is 2.01. The molecule has 11 heavy (non-hydrogen) atoms. The number of halogens is 1. The molecule has 0 spiro atoms. The average Bonchev–Trinajstić information content (AvgIpc) is 1.77. The molecule has 64 valence electrons. The molecular weight excluding hydrogens is 143 g/mol. The summed E-state index contributed by atoms with van der Waals surface area (Å²) >= 11 is 0. The van der Waals surface area contributed by atoms with Crippen LogP contribution < -0.4 is 0 Å². The quantitative estimate of drug-likeness (QED) is 0.577. The maximum Gasteiger partial charge on any atom is 0.126 e. The molecule has 0 amide bonds. The van der Waals surface area contributed by atoms with Crippen molar-refractivity contribution in [3.8, 4) is 0 Å². The summed E-state index contributed by atoms with van der Waals surface area (Å²) < 4.78 is 13.1. The highest BCUT2D eigenvalue weighted by molar-refractivity contribution is 5.61. The van der Waals surface area contributed by atoms with Crippen molar-refractivity contribution in [2.24, 2.45) is 5.41 Å². The van der Waals surface area contributed by atoms with Crippen LogP contribution in [0.5, 0.6) is 0 Å². The first-order chi connectivity index (χ1) is 4.97. The van der Waals surface area contributed by atoms with Crippen LogP contribution in [0.15, 0.2) is 0 Å². The van der Waals surface area contributed by atoms with E-state index in [0.29, 0.717) is 6.42 Å². The van der Waals surface area contributed by atoms with Gasteiger partial charge in [0.1, 0.15) is 12.0 Å². The Hall–Kier alpha value is -0.400. The highest BCUT2D eigenvalue weighted by Gasteiger charge is 2.41. The molecule has 0 N–H and O–H groups in total. The molecule has 0 aliphatic heterocycles. The van der Waals surface area contributed by atoms with E-state index in [9.17, 15) is 9.18 Å². The zero-order valence-corrected chi connectivity index (χ0v) is 7.19. The van der Waals surface area contributed by atoms with Gasteiger partial charge in [0, 0.05) is 5.41 Å². The van der Waals surface area contributed by atoms with Crippen LogP contribution >= 0.6 is 0 Å². The van der Waals surface area contributed by atoms with Crippen molar-refractivity contribution in [2.75, 3.05) is 0 Å². The molecule has 0 heterocycles. The summed E-state index contributed by atoms with van der Waals surface area (Å²) in [5, 5.41) is 0. The molecule has 1 rings (SSSR count). The van der Waals surface area contributed by atoms with Crippen molar-refractivity contribution in [3.05, 3.63) is 0 Å². The second kappa shape index (κ2) is 2.58. The van der Waals surface area contributed by atoms with Crippen LogP contribution in [0.4, 0.5) is 4.39 Å². The number of carbonyl (C=O) groups is 1. The molecule has 1 aliphatic carbocycles. The standard InChI is InChI=1S/C9H15FO/c1-8(2,10)6-9(7-11)4-3-5-9/h7H,3-6H2,1-2H3. The van der Waals surface area contributed by atoms with E-state index in [2.05, 4.69) is 0 Å². The van der Waals surface area contributed by atoms with Gasteiger partial charge in [-0.05, 0) is 33.1 Å². The Kier molecular flexibility index (Phi) is 2.04. The summed E-state index contributed by atoms with van der Waals surface area (Å²) in [5.74, 6) is 0. The fourth-order valence-corrected chi connectivity index (χ4v) is 1.80. The van der Waals surface area contributed by atoms with Crippen molar-refractivity contribution in [1.29, 1.82) is 0 Å². The minimum Gasteiger partial charge on any atom is -0.303 e. The Morgan fingerprint density at radius 3 is 2.18 bits per heavy atom. The molecule has 0 radical (unpaired) electrons. The van der Waals surface area contributed by atoms with Crippen molar-refractivity contribution < 1.29 is 9.18 Å². The molecule has 0 aromatic rings. The number of alkyl halides is 1. The summed E-state index contributed by atoms with van der Waals surface area (Å²) in [5.41, 5.74) is -1.50. The molecule has 0 aromatic carbocycles. The fraction of sp³-hybridized carbons (Fsp3) is 0.889. The summed E-state index contributed by atoms with van der Waals surface area (Å²) in [6.07, 6.45) is 4.17. The van der Waals surface area contributed by atoms with E-state index in [1.807, 2.05) is 0 Å². The molecule has 2 heteroatoms. The first kappa shape index (κ1) is 8.69. The highest BCUT2D eigenvalue weighted by Crippen LogP contribution is 2.45.